The zero-order valence-electron chi connectivity index (χ0n) is 11.9. The predicted octanol–water partition coefficient (Wildman–Crippen LogP) is 3.00. The molecular formula is C13H20F3N3O. The van der Waals surface area contributed by atoms with Crippen molar-refractivity contribution < 1.29 is 17.9 Å². The molecule has 0 aromatic carbocycles. The second-order valence-electron chi connectivity index (χ2n) is 4.25. The van der Waals surface area contributed by atoms with Gasteiger partial charge in [0.05, 0.1) is 12.2 Å². The number of rotatable bonds is 7. The smallest absolute Gasteiger partial charge is 0.380 e. The van der Waals surface area contributed by atoms with Gasteiger partial charge < -0.3 is 15.0 Å². The first-order valence-electron chi connectivity index (χ1n) is 6.50. The summed E-state index contributed by atoms with van der Waals surface area (Å²) in [7, 11) is 1.69. The zero-order chi connectivity index (χ0) is 15.2. The highest BCUT2D eigenvalue weighted by Gasteiger charge is 2.32. The van der Waals surface area contributed by atoms with Crippen molar-refractivity contribution in [2.45, 2.75) is 20.0 Å². The third kappa shape index (κ3) is 4.88. The molecule has 1 N–H and O–H groups in total. The van der Waals surface area contributed by atoms with E-state index in [9.17, 15) is 13.2 Å². The highest BCUT2D eigenvalue weighted by atomic mass is 19.4. The van der Waals surface area contributed by atoms with Crippen LogP contribution in [0.15, 0.2) is 12.1 Å². The molecule has 0 bridgehead atoms. The lowest BCUT2D eigenvalue weighted by atomic mass is 10.2. The fraction of sp³-hybridized carbons (Fsp3) is 0.615. The molecule has 0 aliphatic rings. The minimum absolute atomic E-state index is 0.223. The number of nitrogens with one attached hydrogen (secondary N) is 1. The summed E-state index contributed by atoms with van der Waals surface area (Å²) in [6, 6.07) is 2.07. The van der Waals surface area contributed by atoms with Crippen LogP contribution in [0.5, 0.6) is 0 Å². The summed E-state index contributed by atoms with van der Waals surface area (Å²) in [5, 5.41) is 2.81. The van der Waals surface area contributed by atoms with E-state index in [0.717, 1.165) is 12.1 Å². The fourth-order valence-electron chi connectivity index (χ4n) is 1.61. The minimum Gasteiger partial charge on any atom is -0.380 e. The van der Waals surface area contributed by atoms with E-state index in [2.05, 4.69) is 10.3 Å². The van der Waals surface area contributed by atoms with Crippen LogP contribution in [-0.2, 0) is 10.9 Å². The van der Waals surface area contributed by atoms with Crippen molar-refractivity contribution in [1.29, 1.82) is 0 Å². The molecule has 114 valence electrons. The number of anilines is 2. The van der Waals surface area contributed by atoms with E-state index in [-0.39, 0.29) is 11.6 Å². The molecule has 20 heavy (non-hydrogen) atoms. The highest BCUT2D eigenvalue weighted by molar-refractivity contribution is 5.51. The first kappa shape index (κ1) is 16.6. The van der Waals surface area contributed by atoms with Crippen LogP contribution in [0.3, 0.4) is 0 Å². The molecular weight excluding hydrogens is 271 g/mol. The lowest BCUT2D eigenvalue weighted by Gasteiger charge is -2.20. The molecule has 7 heteroatoms. The maximum absolute atomic E-state index is 12.9. The summed E-state index contributed by atoms with van der Waals surface area (Å²) in [4.78, 5) is 5.82. The Kier molecular flexibility index (Phi) is 6.06. The number of halogens is 3. The van der Waals surface area contributed by atoms with Gasteiger partial charge in [-0.1, -0.05) is 0 Å². The van der Waals surface area contributed by atoms with E-state index in [1.54, 1.807) is 18.9 Å². The van der Waals surface area contributed by atoms with E-state index in [0.29, 0.717) is 26.3 Å². The predicted molar refractivity (Wildman–Crippen MR) is 73.2 cm³/mol. The number of aromatic nitrogens is 1. The van der Waals surface area contributed by atoms with Crippen LogP contribution in [-0.4, -0.2) is 38.3 Å². The summed E-state index contributed by atoms with van der Waals surface area (Å²) in [5.74, 6) is 0.496. The number of hydrogen-bond donors (Lipinski definition) is 1. The van der Waals surface area contributed by atoms with E-state index in [1.807, 2.05) is 6.92 Å². The molecule has 0 aliphatic heterocycles. The number of nitrogens with zero attached hydrogens (tertiary/aromatic N) is 2. The topological polar surface area (TPSA) is 37.4 Å². The lowest BCUT2D eigenvalue weighted by molar-refractivity contribution is -0.137. The van der Waals surface area contributed by atoms with Crippen molar-refractivity contribution in [2.75, 3.05) is 43.6 Å². The average Bonchev–Trinajstić information content (AvgIpc) is 2.38. The normalized spacial score (nSPS) is 11.5. The second kappa shape index (κ2) is 7.33. The molecule has 0 unspecified atom stereocenters. The summed E-state index contributed by atoms with van der Waals surface area (Å²) in [5.41, 5.74) is -0.707. The SMILES string of the molecule is CCNc1cc(C(F)(F)F)cc(N(C)CCOCC)n1. The van der Waals surface area contributed by atoms with Crippen LogP contribution in [0.2, 0.25) is 0 Å². The Morgan fingerprint density at radius 3 is 2.55 bits per heavy atom. The first-order valence-corrected chi connectivity index (χ1v) is 6.50. The largest absolute Gasteiger partial charge is 0.416 e. The average molecular weight is 291 g/mol. The van der Waals surface area contributed by atoms with Crippen LogP contribution in [0.25, 0.3) is 0 Å². The Morgan fingerprint density at radius 1 is 1.30 bits per heavy atom. The molecule has 1 heterocycles. The Morgan fingerprint density at radius 2 is 2.00 bits per heavy atom. The molecule has 0 saturated carbocycles. The molecule has 0 saturated heterocycles. The summed E-state index contributed by atoms with van der Waals surface area (Å²) >= 11 is 0. The van der Waals surface area contributed by atoms with E-state index in [1.165, 1.54) is 0 Å². The summed E-state index contributed by atoms with van der Waals surface area (Å²) in [6.07, 6.45) is -4.39. The molecule has 0 fully saturated rings. The number of hydrogen-bond acceptors (Lipinski definition) is 4. The Labute approximate surface area is 116 Å². The maximum Gasteiger partial charge on any atom is 0.416 e. The van der Waals surface area contributed by atoms with Gasteiger partial charge in [0.15, 0.2) is 0 Å². The quantitative estimate of drug-likeness (QED) is 0.784. The van der Waals surface area contributed by atoms with Gasteiger partial charge in [0, 0.05) is 26.7 Å². The maximum atomic E-state index is 12.9. The number of pyridine rings is 1. The van der Waals surface area contributed by atoms with E-state index >= 15 is 0 Å². The third-order valence-electron chi connectivity index (χ3n) is 2.66. The summed E-state index contributed by atoms with van der Waals surface area (Å²) < 4.78 is 43.8. The standard InChI is InChI=1S/C13H20F3N3O/c1-4-17-11-8-10(13(14,15)16)9-12(18-11)19(3)6-7-20-5-2/h8-9H,4-7H2,1-3H3,(H,17,18). The molecule has 0 amide bonds. The van der Waals surface area contributed by atoms with Crippen molar-refractivity contribution in [1.82, 2.24) is 4.98 Å². The molecule has 1 aromatic heterocycles. The molecule has 0 atom stereocenters. The molecule has 1 aromatic rings. The summed E-state index contributed by atoms with van der Waals surface area (Å²) in [6.45, 7) is 5.68. The second-order valence-corrected chi connectivity index (χ2v) is 4.25. The zero-order valence-corrected chi connectivity index (χ0v) is 11.9. The van der Waals surface area contributed by atoms with Crippen LogP contribution < -0.4 is 10.2 Å². The molecule has 1 rings (SSSR count). The van der Waals surface area contributed by atoms with Gasteiger partial charge >= 0.3 is 6.18 Å². The van der Waals surface area contributed by atoms with Crippen molar-refractivity contribution >= 4 is 11.6 Å². The van der Waals surface area contributed by atoms with Crippen LogP contribution in [0.4, 0.5) is 24.8 Å². The van der Waals surface area contributed by atoms with Gasteiger partial charge in [0.1, 0.15) is 11.6 Å². The number of likely N-dealkylation sites (N-methyl/N-ethyl adjacent to an activating group) is 1. The molecule has 4 nitrogen and oxygen atoms in total. The number of ether oxygens (including phenoxy) is 1. The van der Waals surface area contributed by atoms with Crippen LogP contribution in [0.1, 0.15) is 19.4 Å². The molecule has 0 aliphatic carbocycles. The van der Waals surface area contributed by atoms with Crippen molar-refractivity contribution in [3.63, 3.8) is 0 Å². The molecule has 0 spiro atoms. The highest BCUT2D eigenvalue weighted by Crippen LogP contribution is 2.32. The van der Waals surface area contributed by atoms with Gasteiger partial charge in [0.2, 0.25) is 0 Å². The number of alkyl halides is 3. The van der Waals surface area contributed by atoms with E-state index in [4.69, 9.17) is 4.74 Å². The van der Waals surface area contributed by atoms with Crippen molar-refractivity contribution in [3.05, 3.63) is 17.7 Å². The van der Waals surface area contributed by atoms with Gasteiger partial charge in [-0.15, -0.1) is 0 Å². The van der Waals surface area contributed by atoms with Gasteiger partial charge in [-0.3, -0.25) is 0 Å². The Balaban J connectivity index is 2.96. The third-order valence-corrected chi connectivity index (χ3v) is 2.66. The van der Waals surface area contributed by atoms with Gasteiger partial charge in [-0.2, -0.15) is 13.2 Å². The monoisotopic (exact) mass is 291 g/mol. The van der Waals surface area contributed by atoms with Gasteiger partial charge in [0.25, 0.3) is 0 Å². The molecule has 0 radical (unpaired) electrons. The van der Waals surface area contributed by atoms with E-state index < -0.39 is 11.7 Å². The van der Waals surface area contributed by atoms with Crippen molar-refractivity contribution in [3.8, 4) is 0 Å². The lowest BCUT2D eigenvalue weighted by Crippen LogP contribution is -2.24. The Hall–Kier alpha value is -1.50. The van der Waals surface area contributed by atoms with Crippen molar-refractivity contribution in [2.24, 2.45) is 0 Å². The first-order chi connectivity index (χ1) is 9.38. The Bertz CT molecular complexity index is 424. The minimum atomic E-state index is -4.39. The van der Waals surface area contributed by atoms with Crippen LogP contribution in [0, 0.1) is 0 Å². The van der Waals surface area contributed by atoms with Crippen LogP contribution >= 0.6 is 0 Å². The van der Waals surface area contributed by atoms with Gasteiger partial charge in [-0.05, 0) is 26.0 Å². The fourth-order valence-corrected chi connectivity index (χ4v) is 1.61. The van der Waals surface area contributed by atoms with Gasteiger partial charge in [-0.25, -0.2) is 4.98 Å².